The highest BCUT2D eigenvalue weighted by atomic mass is 16.3. The van der Waals surface area contributed by atoms with Gasteiger partial charge < -0.3 is 10.4 Å². The Balaban J connectivity index is 2.92. The van der Waals surface area contributed by atoms with Gasteiger partial charge in [-0.15, -0.1) is 0 Å². The van der Waals surface area contributed by atoms with Gasteiger partial charge in [-0.25, -0.2) is 0 Å². The minimum absolute atomic E-state index is 0.0321. The number of aliphatic hydroxyl groups excluding tert-OH is 1. The van der Waals surface area contributed by atoms with Gasteiger partial charge in [0, 0.05) is 0 Å². The quantitative estimate of drug-likeness (QED) is 0.292. The maximum Gasteiger partial charge on any atom is 0.259 e. The maximum atomic E-state index is 11.1. The van der Waals surface area contributed by atoms with Gasteiger partial charge in [-0.3, -0.25) is 9.59 Å². The first-order chi connectivity index (χ1) is 6.66. The number of nitrogens with one attached hydrogen (secondary N) is 1. The molecule has 0 radical (unpaired) electrons. The summed E-state index contributed by atoms with van der Waals surface area (Å²) in [7, 11) is 0. The van der Waals surface area contributed by atoms with Crippen LogP contribution in [0.25, 0.3) is 0 Å². The Labute approximate surface area is 81.6 Å². The molecule has 0 spiro atoms. The van der Waals surface area contributed by atoms with Gasteiger partial charge in [0.2, 0.25) is 0 Å². The van der Waals surface area contributed by atoms with Crippen molar-refractivity contribution in [3.63, 3.8) is 0 Å². The molecule has 4 heteroatoms. The van der Waals surface area contributed by atoms with Gasteiger partial charge in [0.25, 0.3) is 5.91 Å². The van der Waals surface area contributed by atoms with Crippen LogP contribution in [0.15, 0.2) is 35.6 Å². The van der Waals surface area contributed by atoms with E-state index in [2.05, 4.69) is 5.32 Å². The first kappa shape index (κ1) is 10.2. The lowest BCUT2D eigenvalue weighted by atomic mass is 10.1. The van der Waals surface area contributed by atoms with Crippen LogP contribution < -0.4 is 5.32 Å². The molecule has 0 atom stereocenters. The van der Waals surface area contributed by atoms with Crippen LogP contribution in [-0.2, 0) is 9.59 Å². The van der Waals surface area contributed by atoms with E-state index in [-0.39, 0.29) is 23.7 Å². The summed E-state index contributed by atoms with van der Waals surface area (Å²) in [5, 5.41) is 11.7. The Bertz CT molecular complexity index is 332. The largest absolute Gasteiger partial charge is 0.507 e. The SMILES string of the molecule is C/C=C/C=C/C(O)=C1\C(=O)CNC1=O. The fraction of sp³-hybridized carbons (Fsp3) is 0.200. The molecular weight excluding hydrogens is 182 g/mol. The van der Waals surface area contributed by atoms with Gasteiger partial charge in [0.15, 0.2) is 5.78 Å². The van der Waals surface area contributed by atoms with E-state index in [9.17, 15) is 14.7 Å². The van der Waals surface area contributed by atoms with Crippen LogP contribution in [0.2, 0.25) is 0 Å². The highest BCUT2D eigenvalue weighted by Gasteiger charge is 2.28. The Morgan fingerprint density at radius 1 is 1.43 bits per heavy atom. The average molecular weight is 193 g/mol. The van der Waals surface area contributed by atoms with Crippen molar-refractivity contribution in [3.8, 4) is 0 Å². The molecular formula is C10H11NO3. The molecule has 74 valence electrons. The zero-order valence-electron chi connectivity index (χ0n) is 7.78. The molecule has 1 saturated heterocycles. The van der Waals surface area contributed by atoms with E-state index in [1.54, 1.807) is 18.2 Å². The molecule has 0 aliphatic carbocycles. The number of Topliss-reactive ketones (excluding diaryl/α,β-unsaturated/α-hetero) is 1. The van der Waals surface area contributed by atoms with Gasteiger partial charge in [0.05, 0.1) is 6.54 Å². The van der Waals surface area contributed by atoms with Crippen molar-refractivity contribution in [3.05, 3.63) is 35.6 Å². The van der Waals surface area contributed by atoms with Gasteiger partial charge in [-0.1, -0.05) is 18.2 Å². The Morgan fingerprint density at radius 2 is 2.14 bits per heavy atom. The normalized spacial score (nSPS) is 20.9. The van der Waals surface area contributed by atoms with Crippen LogP contribution in [-0.4, -0.2) is 23.3 Å². The van der Waals surface area contributed by atoms with Crippen LogP contribution in [0.3, 0.4) is 0 Å². The van der Waals surface area contributed by atoms with Crippen molar-refractivity contribution >= 4 is 11.7 Å². The predicted molar refractivity (Wildman–Crippen MR) is 51.6 cm³/mol. The Kier molecular flexibility index (Phi) is 3.23. The Hall–Kier alpha value is -1.84. The number of allylic oxidation sites excluding steroid dienone is 4. The molecule has 0 aromatic rings. The fourth-order valence-corrected chi connectivity index (χ4v) is 1.06. The molecule has 4 nitrogen and oxygen atoms in total. The second-order valence-corrected chi connectivity index (χ2v) is 2.75. The molecule has 1 fully saturated rings. The van der Waals surface area contributed by atoms with E-state index in [1.165, 1.54) is 6.08 Å². The predicted octanol–water partition coefficient (Wildman–Crippen LogP) is 0.630. The van der Waals surface area contributed by atoms with E-state index in [0.29, 0.717) is 0 Å². The number of aliphatic hydroxyl groups is 1. The number of carbonyl (C=O) groups is 2. The van der Waals surface area contributed by atoms with Crippen molar-refractivity contribution in [2.75, 3.05) is 6.54 Å². The zero-order chi connectivity index (χ0) is 10.6. The van der Waals surface area contributed by atoms with E-state index < -0.39 is 5.91 Å². The van der Waals surface area contributed by atoms with Crippen LogP contribution in [0.5, 0.6) is 0 Å². The molecule has 0 saturated carbocycles. The average Bonchev–Trinajstić information content (AvgIpc) is 2.46. The molecule has 0 bridgehead atoms. The van der Waals surface area contributed by atoms with E-state index in [0.717, 1.165) is 0 Å². The Morgan fingerprint density at radius 3 is 2.64 bits per heavy atom. The summed E-state index contributed by atoms with van der Waals surface area (Å²) < 4.78 is 0. The van der Waals surface area contributed by atoms with Gasteiger partial charge in [-0.2, -0.15) is 0 Å². The third-order valence-corrected chi connectivity index (χ3v) is 1.73. The van der Waals surface area contributed by atoms with Gasteiger partial charge in [-0.05, 0) is 13.0 Å². The maximum absolute atomic E-state index is 11.1. The summed E-state index contributed by atoms with van der Waals surface area (Å²) in [6, 6.07) is 0. The highest BCUT2D eigenvalue weighted by molar-refractivity contribution is 6.25. The van der Waals surface area contributed by atoms with Crippen LogP contribution in [0, 0.1) is 0 Å². The second-order valence-electron chi connectivity index (χ2n) is 2.75. The second kappa shape index (κ2) is 4.41. The molecule has 0 unspecified atom stereocenters. The number of hydrogen-bond donors (Lipinski definition) is 2. The zero-order valence-corrected chi connectivity index (χ0v) is 7.78. The summed E-state index contributed by atoms with van der Waals surface area (Å²) in [5.74, 6) is -1.18. The molecule has 1 heterocycles. The molecule has 1 aliphatic rings. The van der Waals surface area contributed by atoms with Crippen molar-refractivity contribution in [2.45, 2.75) is 6.92 Å². The standard InChI is InChI=1S/C10H11NO3/c1-2-3-4-5-7(12)9-8(13)6-11-10(9)14/h2-5,12H,6H2,1H3,(H,11,14)/b3-2+,5-4+,9-7-. The molecule has 0 aromatic carbocycles. The molecule has 2 N–H and O–H groups in total. The van der Waals surface area contributed by atoms with Gasteiger partial charge in [0.1, 0.15) is 11.3 Å². The van der Waals surface area contributed by atoms with Crippen molar-refractivity contribution < 1.29 is 14.7 Å². The van der Waals surface area contributed by atoms with Crippen molar-refractivity contribution in [1.82, 2.24) is 5.32 Å². The molecule has 1 amide bonds. The van der Waals surface area contributed by atoms with E-state index in [4.69, 9.17) is 0 Å². The topological polar surface area (TPSA) is 66.4 Å². The molecule has 1 aliphatic heterocycles. The molecule has 0 aromatic heterocycles. The minimum atomic E-state index is -0.516. The number of ketones is 1. The highest BCUT2D eigenvalue weighted by Crippen LogP contribution is 2.09. The number of rotatable bonds is 2. The lowest BCUT2D eigenvalue weighted by molar-refractivity contribution is -0.117. The first-order valence-corrected chi connectivity index (χ1v) is 4.20. The third kappa shape index (κ3) is 2.10. The summed E-state index contributed by atoms with van der Waals surface area (Å²) in [6.45, 7) is 1.79. The summed E-state index contributed by atoms with van der Waals surface area (Å²) >= 11 is 0. The lowest BCUT2D eigenvalue weighted by Gasteiger charge is -1.93. The first-order valence-electron chi connectivity index (χ1n) is 4.20. The monoisotopic (exact) mass is 193 g/mol. The minimum Gasteiger partial charge on any atom is -0.507 e. The number of amides is 1. The lowest BCUT2D eigenvalue weighted by Crippen LogP contribution is -2.14. The van der Waals surface area contributed by atoms with Crippen molar-refractivity contribution in [1.29, 1.82) is 0 Å². The smallest absolute Gasteiger partial charge is 0.259 e. The van der Waals surface area contributed by atoms with E-state index in [1.807, 2.05) is 6.92 Å². The van der Waals surface area contributed by atoms with Crippen LogP contribution in [0.1, 0.15) is 6.92 Å². The van der Waals surface area contributed by atoms with Crippen molar-refractivity contribution in [2.24, 2.45) is 0 Å². The van der Waals surface area contributed by atoms with Gasteiger partial charge >= 0.3 is 0 Å². The fourth-order valence-electron chi connectivity index (χ4n) is 1.06. The van der Waals surface area contributed by atoms with Crippen LogP contribution >= 0.6 is 0 Å². The number of hydrogen-bond acceptors (Lipinski definition) is 3. The molecule has 14 heavy (non-hydrogen) atoms. The molecule has 1 rings (SSSR count). The summed E-state index contributed by atoms with van der Waals surface area (Å²) in [4.78, 5) is 22.2. The summed E-state index contributed by atoms with van der Waals surface area (Å²) in [5.41, 5.74) is -0.161. The van der Waals surface area contributed by atoms with E-state index >= 15 is 0 Å². The third-order valence-electron chi connectivity index (χ3n) is 1.73. The van der Waals surface area contributed by atoms with Crippen LogP contribution in [0.4, 0.5) is 0 Å². The summed E-state index contributed by atoms with van der Waals surface area (Å²) in [6.07, 6.45) is 6.33. The number of carbonyl (C=O) groups excluding carboxylic acids is 2.